The average Bonchev–Trinajstić information content (AvgIpc) is 2.50. The molecule has 5 nitrogen and oxygen atoms in total. The summed E-state index contributed by atoms with van der Waals surface area (Å²) in [6.07, 6.45) is 0.696. The van der Waals surface area contributed by atoms with Crippen LogP contribution in [0.2, 0.25) is 0 Å². The summed E-state index contributed by atoms with van der Waals surface area (Å²) >= 11 is 0. The molecule has 1 heterocycles. The number of amides is 1. The van der Waals surface area contributed by atoms with E-state index in [2.05, 4.69) is 4.74 Å². The van der Waals surface area contributed by atoms with E-state index in [9.17, 15) is 14.4 Å². The highest BCUT2D eigenvalue weighted by atomic mass is 16.5. The van der Waals surface area contributed by atoms with Gasteiger partial charge < -0.3 is 9.64 Å². The van der Waals surface area contributed by atoms with Gasteiger partial charge in [-0.15, -0.1) is 0 Å². The van der Waals surface area contributed by atoms with Crippen molar-refractivity contribution in [2.24, 2.45) is 11.8 Å². The van der Waals surface area contributed by atoms with Crippen molar-refractivity contribution >= 4 is 17.7 Å². The lowest BCUT2D eigenvalue weighted by atomic mass is 9.88. The van der Waals surface area contributed by atoms with Crippen LogP contribution in [-0.2, 0) is 25.5 Å². The zero-order valence-corrected chi connectivity index (χ0v) is 12.2. The second kappa shape index (κ2) is 6.52. The van der Waals surface area contributed by atoms with Crippen molar-refractivity contribution in [2.75, 3.05) is 20.2 Å². The van der Waals surface area contributed by atoms with E-state index >= 15 is 0 Å². The molecule has 2 atom stereocenters. The number of carbonyl (C=O) groups is 3. The molecule has 1 amide bonds. The number of methoxy groups -OCH3 is 1. The molecule has 1 aliphatic heterocycles. The highest BCUT2D eigenvalue weighted by Gasteiger charge is 2.44. The maximum absolute atomic E-state index is 12.3. The molecule has 0 radical (unpaired) electrons. The summed E-state index contributed by atoms with van der Waals surface area (Å²) in [6, 6.07) is 9.79. The Kier molecular flexibility index (Phi) is 4.73. The Morgan fingerprint density at radius 3 is 2.57 bits per heavy atom. The minimum Gasteiger partial charge on any atom is -0.468 e. The first-order valence-electron chi connectivity index (χ1n) is 6.99. The van der Waals surface area contributed by atoms with Gasteiger partial charge in [0, 0.05) is 19.0 Å². The number of nitrogens with zero attached hydrogens (tertiary/aromatic N) is 1. The molecule has 21 heavy (non-hydrogen) atoms. The molecule has 1 aliphatic rings. The molecule has 5 heteroatoms. The zero-order chi connectivity index (χ0) is 15.4. The van der Waals surface area contributed by atoms with Crippen molar-refractivity contribution in [3.8, 4) is 0 Å². The van der Waals surface area contributed by atoms with Crippen molar-refractivity contribution in [3.05, 3.63) is 35.9 Å². The Bertz CT molecular complexity index is 540. The fraction of sp³-hybridized carbons (Fsp3) is 0.438. The maximum atomic E-state index is 12.3. The van der Waals surface area contributed by atoms with Gasteiger partial charge in [-0.3, -0.25) is 14.4 Å². The topological polar surface area (TPSA) is 63.7 Å². The Morgan fingerprint density at radius 2 is 1.95 bits per heavy atom. The minimum atomic E-state index is -1.30. The van der Waals surface area contributed by atoms with Gasteiger partial charge >= 0.3 is 5.97 Å². The predicted octanol–water partition coefficient (Wildman–Crippen LogP) is 1.07. The van der Waals surface area contributed by atoms with Crippen LogP contribution in [0.25, 0.3) is 0 Å². The number of ketones is 1. The van der Waals surface area contributed by atoms with Gasteiger partial charge in [0.15, 0.2) is 11.7 Å². The van der Waals surface area contributed by atoms with Crippen LogP contribution in [0, 0.1) is 11.8 Å². The number of ether oxygens (including phenoxy) is 1. The number of Topliss-reactive ketones (excluding diaryl/α,β-unsaturated/α-hetero) is 1. The van der Waals surface area contributed by atoms with E-state index in [-0.39, 0.29) is 11.7 Å². The fourth-order valence-corrected chi connectivity index (χ4v) is 2.54. The van der Waals surface area contributed by atoms with Gasteiger partial charge in [-0.2, -0.15) is 0 Å². The predicted molar refractivity (Wildman–Crippen MR) is 76.4 cm³/mol. The Hall–Kier alpha value is -2.17. The van der Waals surface area contributed by atoms with Crippen LogP contribution in [-0.4, -0.2) is 42.8 Å². The van der Waals surface area contributed by atoms with Gasteiger partial charge in [-0.25, -0.2) is 0 Å². The molecule has 0 spiro atoms. The third-order valence-electron chi connectivity index (χ3n) is 3.77. The lowest BCUT2D eigenvalue weighted by molar-refractivity contribution is -0.161. The molecule has 1 aromatic rings. The highest BCUT2D eigenvalue weighted by Crippen LogP contribution is 2.21. The van der Waals surface area contributed by atoms with Crippen LogP contribution in [0.15, 0.2) is 30.3 Å². The number of esters is 1. The van der Waals surface area contributed by atoms with E-state index in [4.69, 9.17) is 0 Å². The molecule has 0 N–H and O–H groups in total. The summed E-state index contributed by atoms with van der Waals surface area (Å²) in [7, 11) is 1.19. The van der Waals surface area contributed by atoms with Crippen molar-refractivity contribution in [2.45, 2.75) is 13.3 Å². The number of piperidine rings is 1. The first-order chi connectivity index (χ1) is 10.0. The van der Waals surface area contributed by atoms with E-state index < -0.39 is 17.8 Å². The van der Waals surface area contributed by atoms with Crippen LogP contribution in [0.1, 0.15) is 12.5 Å². The highest BCUT2D eigenvalue weighted by molar-refractivity contribution is 6.18. The van der Waals surface area contributed by atoms with E-state index in [0.29, 0.717) is 19.5 Å². The standard InChI is InChI=1S/C16H19NO4/c1-11-10-17(9-8-12-6-4-3-5-7-12)15(19)13(14(11)18)16(20)21-2/h3-7,11,13H,8-10H2,1-2H3. The van der Waals surface area contributed by atoms with Crippen molar-refractivity contribution in [3.63, 3.8) is 0 Å². The fourth-order valence-electron chi connectivity index (χ4n) is 2.54. The van der Waals surface area contributed by atoms with Crippen LogP contribution in [0.3, 0.4) is 0 Å². The molecule has 1 fully saturated rings. The summed E-state index contributed by atoms with van der Waals surface area (Å²) in [5.41, 5.74) is 1.12. The number of hydrogen-bond donors (Lipinski definition) is 0. The summed E-state index contributed by atoms with van der Waals surface area (Å²) in [5, 5.41) is 0. The summed E-state index contributed by atoms with van der Waals surface area (Å²) in [4.78, 5) is 37.6. The van der Waals surface area contributed by atoms with Crippen molar-refractivity contribution in [1.82, 2.24) is 4.90 Å². The first kappa shape index (κ1) is 15.2. The molecule has 0 bridgehead atoms. The molecular weight excluding hydrogens is 270 g/mol. The molecule has 1 saturated heterocycles. The SMILES string of the molecule is COC(=O)C1C(=O)C(C)CN(CCc2ccccc2)C1=O. The molecular formula is C16H19NO4. The van der Waals surface area contributed by atoms with Crippen molar-refractivity contribution < 1.29 is 19.1 Å². The molecule has 2 rings (SSSR count). The molecule has 1 aromatic carbocycles. The van der Waals surface area contributed by atoms with Gasteiger partial charge in [0.05, 0.1) is 7.11 Å². The number of likely N-dealkylation sites (tertiary alicyclic amines) is 1. The Balaban J connectivity index is 2.07. The zero-order valence-electron chi connectivity index (χ0n) is 12.2. The van der Waals surface area contributed by atoms with Crippen LogP contribution in [0.4, 0.5) is 0 Å². The average molecular weight is 289 g/mol. The number of carbonyl (C=O) groups excluding carboxylic acids is 3. The first-order valence-corrected chi connectivity index (χ1v) is 6.99. The monoisotopic (exact) mass is 289 g/mol. The lowest BCUT2D eigenvalue weighted by Gasteiger charge is -2.33. The van der Waals surface area contributed by atoms with Crippen molar-refractivity contribution in [1.29, 1.82) is 0 Å². The third kappa shape index (κ3) is 3.29. The van der Waals surface area contributed by atoms with E-state index in [0.717, 1.165) is 5.56 Å². The largest absolute Gasteiger partial charge is 0.468 e. The molecule has 0 aliphatic carbocycles. The minimum absolute atomic E-state index is 0.345. The van der Waals surface area contributed by atoms with Gasteiger partial charge in [-0.05, 0) is 12.0 Å². The van der Waals surface area contributed by atoms with Crippen LogP contribution < -0.4 is 0 Å². The molecule has 112 valence electrons. The maximum Gasteiger partial charge on any atom is 0.325 e. The molecule has 0 saturated carbocycles. The Labute approximate surface area is 123 Å². The van der Waals surface area contributed by atoms with Crippen LogP contribution >= 0.6 is 0 Å². The second-order valence-corrected chi connectivity index (χ2v) is 5.28. The summed E-state index contributed by atoms with van der Waals surface area (Å²) < 4.78 is 4.58. The number of hydrogen-bond acceptors (Lipinski definition) is 4. The van der Waals surface area contributed by atoms with Gasteiger partial charge in [0.25, 0.3) is 0 Å². The van der Waals surface area contributed by atoms with E-state index in [1.165, 1.54) is 7.11 Å². The van der Waals surface area contributed by atoms with E-state index in [1.54, 1.807) is 11.8 Å². The number of benzene rings is 1. The Morgan fingerprint density at radius 1 is 1.29 bits per heavy atom. The quantitative estimate of drug-likeness (QED) is 0.614. The van der Waals surface area contributed by atoms with Gasteiger partial charge in [0.1, 0.15) is 0 Å². The lowest BCUT2D eigenvalue weighted by Crippen LogP contribution is -2.53. The molecule has 2 unspecified atom stereocenters. The normalized spacial score (nSPS) is 22.3. The summed E-state index contributed by atoms with van der Waals surface area (Å²) in [5.74, 6) is -3.19. The number of rotatable bonds is 4. The van der Waals surface area contributed by atoms with E-state index in [1.807, 2.05) is 30.3 Å². The van der Waals surface area contributed by atoms with Gasteiger partial charge in [0.2, 0.25) is 5.91 Å². The third-order valence-corrected chi connectivity index (χ3v) is 3.77. The van der Waals surface area contributed by atoms with Gasteiger partial charge in [-0.1, -0.05) is 37.3 Å². The summed E-state index contributed by atoms with van der Waals surface area (Å²) in [6.45, 7) is 2.59. The van der Waals surface area contributed by atoms with Crippen LogP contribution in [0.5, 0.6) is 0 Å². The smallest absolute Gasteiger partial charge is 0.325 e. The second-order valence-electron chi connectivity index (χ2n) is 5.28. The molecule has 0 aromatic heterocycles.